The zero-order chi connectivity index (χ0) is 28.0. The topological polar surface area (TPSA) is 91.3 Å². The van der Waals surface area contributed by atoms with E-state index in [2.05, 4.69) is 0 Å². The van der Waals surface area contributed by atoms with Gasteiger partial charge in [0.2, 0.25) is 5.75 Å². The number of carboxylic acid groups (broad SMARTS) is 1. The van der Waals surface area contributed by atoms with Crippen LogP contribution >= 0.6 is 0 Å². The molecule has 0 radical (unpaired) electrons. The summed E-state index contributed by atoms with van der Waals surface area (Å²) in [5.41, 5.74) is 0.558. The normalized spacial score (nSPS) is 20.8. The second kappa shape index (κ2) is 8.37. The Morgan fingerprint density at radius 3 is 2.50 bits per heavy atom. The first-order valence-corrected chi connectivity index (χ1v) is 10.4. The van der Waals surface area contributed by atoms with E-state index in [1.807, 2.05) is 0 Å². The summed E-state index contributed by atoms with van der Waals surface area (Å²) in [6, 6.07) is 7.58. The van der Waals surface area contributed by atoms with Crippen molar-refractivity contribution in [3.8, 4) is 28.4 Å². The molecule has 2 aliphatic rings. The van der Waals surface area contributed by atoms with Crippen molar-refractivity contribution in [2.75, 3.05) is 14.1 Å². The van der Waals surface area contributed by atoms with Crippen molar-refractivity contribution in [1.29, 1.82) is 0 Å². The van der Waals surface area contributed by atoms with E-state index in [4.69, 9.17) is 27.2 Å². The van der Waals surface area contributed by atoms with E-state index >= 15 is 0 Å². The molecule has 32 heavy (non-hydrogen) atoms. The Hall–Kier alpha value is -3.22. The molecule has 7 heteroatoms. The second-order valence-electron chi connectivity index (χ2n) is 8.52. The van der Waals surface area contributed by atoms with Gasteiger partial charge in [-0.2, -0.15) is 0 Å². The molecule has 0 spiro atoms. The minimum absolute atomic E-state index is 0.0494. The fourth-order valence-corrected chi connectivity index (χ4v) is 4.56. The maximum Gasteiger partial charge on any atom is 0.338 e. The molecule has 1 aliphatic heterocycles. The zero-order valence-corrected chi connectivity index (χ0v) is 17.8. The molecule has 1 saturated carbocycles. The van der Waals surface area contributed by atoms with Crippen LogP contribution in [0.4, 0.5) is 0 Å². The third-order valence-electron chi connectivity index (χ3n) is 6.35. The summed E-state index contributed by atoms with van der Waals surface area (Å²) < 4.78 is 67.6. The van der Waals surface area contributed by atoms with Gasteiger partial charge >= 0.3 is 11.9 Å². The molecule has 0 saturated heterocycles. The van der Waals surface area contributed by atoms with Crippen LogP contribution in [0.15, 0.2) is 30.3 Å². The third-order valence-corrected chi connectivity index (χ3v) is 6.35. The minimum atomic E-state index is -3.02. The fraction of sp³-hybridized carbons (Fsp3) is 0.440. The maximum absolute atomic E-state index is 12.4. The highest BCUT2D eigenvalue weighted by atomic mass is 16.5. The summed E-state index contributed by atoms with van der Waals surface area (Å²) in [7, 11) is -5.96. The van der Waals surface area contributed by atoms with E-state index in [0.717, 1.165) is 0 Å². The zero-order valence-electron chi connectivity index (χ0n) is 23.8. The average Bonchev–Trinajstić information content (AvgIpc) is 3.12. The number of carboxylic acids is 1. The predicted octanol–water partition coefficient (Wildman–Crippen LogP) is 4.70. The first-order valence-electron chi connectivity index (χ1n) is 13.4. The SMILES string of the molecule is [2H]C([2H])([2H])Oc1ccc(-c2ccc3c(c2)COC3=O)c(OC(C(C)C)C2(C(=O)O)CCC2)c1OC([2H])([2H])[2H]. The number of cyclic esters (lactones) is 1. The molecular formula is C25H28O7. The van der Waals surface area contributed by atoms with E-state index in [0.29, 0.717) is 41.5 Å². The molecule has 2 aromatic carbocycles. The summed E-state index contributed by atoms with van der Waals surface area (Å²) in [5.74, 6) is -2.89. The average molecular weight is 447 g/mol. The first kappa shape index (κ1) is 15.6. The van der Waals surface area contributed by atoms with Gasteiger partial charge in [-0.05, 0) is 48.6 Å². The number of carbonyl (C=O) groups is 2. The number of benzene rings is 2. The van der Waals surface area contributed by atoms with E-state index in [1.165, 1.54) is 12.1 Å². The van der Waals surface area contributed by atoms with E-state index in [1.54, 1.807) is 32.0 Å². The van der Waals surface area contributed by atoms with Crippen LogP contribution in [0.5, 0.6) is 17.2 Å². The Kier molecular flexibility index (Phi) is 4.07. The minimum Gasteiger partial charge on any atom is -0.493 e. The van der Waals surface area contributed by atoms with Crippen LogP contribution in [-0.4, -0.2) is 37.2 Å². The lowest BCUT2D eigenvalue weighted by atomic mass is 9.62. The van der Waals surface area contributed by atoms with E-state index in [9.17, 15) is 14.7 Å². The van der Waals surface area contributed by atoms with E-state index < -0.39 is 49.0 Å². The van der Waals surface area contributed by atoms with Gasteiger partial charge in [0.05, 0.1) is 27.9 Å². The predicted molar refractivity (Wildman–Crippen MR) is 117 cm³/mol. The van der Waals surface area contributed by atoms with Crippen LogP contribution in [-0.2, 0) is 16.1 Å². The van der Waals surface area contributed by atoms with Gasteiger partial charge in [-0.3, -0.25) is 4.79 Å². The van der Waals surface area contributed by atoms with Gasteiger partial charge in [-0.15, -0.1) is 0 Å². The number of rotatable bonds is 8. The molecule has 2 aromatic rings. The molecule has 1 unspecified atom stereocenters. The monoisotopic (exact) mass is 446 g/mol. The lowest BCUT2D eigenvalue weighted by Crippen LogP contribution is -2.52. The molecule has 0 aromatic heterocycles. The Morgan fingerprint density at radius 1 is 1.12 bits per heavy atom. The number of carbonyl (C=O) groups excluding carboxylic acids is 1. The second-order valence-corrected chi connectivity index (χ2v) is 8.52. The summed E-state index contributed by atoms with van der Waals surface area (Å²) in [5, 5.41) is 10.1. The van der Waals surface area contributed by atoms with Crippen molar-refractivity contribution in [3.63, 3.8) is 0 Å². The fourth-order valence-electron chi connectivity index (χ4n) is 4.56. The van der Waals surface area contributed by atoms with Gasteiger partial charge in [0.25, 0.3) is 0 Å². The van der Waals surface area contributed by atoms with Crippen LogP contribution in [0.25, 0.3) is 11.1 Å². The molecular weight excluding hydrogens is 412 g/mol. The van der Waals surface area contributed by atoms with Gasteiger partial charge in [-0.25, -0.2) is 4.79 Å². The number of hydrogen-bond acceptors (Lipinski definition) is 6. The number of hydrogen-bond donors (Lipinski definition) is 1. The van der Waals surface area contributed by atoms with Crippen molar-refractivity contribution >= 4 is 11.9 Å². The largest absolute Gasteiger partial charge is 0.493 e. The van der Waals surface area contributed by atoms with Gasteiger partial charge in [-0.1, -0.05) is 26.3 Å². The molecule has 1 aliphatic carbocycles. The highest BCUT2D eigenvalue weighted by molar-refractivity contribution is 5.94. The van der Waals surface area contributed by atoms with Crippen LogP contribution in [0.1, 0.15) is 57.3 Å². The Balaban J connectivity index is 1.94. The number of aliphatic carboxylic acids is 1. The maximum atomic E-state index is 12.4. The summed E-state index contributed by atoms with van der Waals surface area (Å²) in [6.07, 6.45) is 0.499. The summed E-state index contributed by atoms with van der Waals surface area (Å²) in [6.45, 7) is 3.63. The number of esters is 1. The molecule has 0 amide bonds. The molecule has 4 rings (SSSR count). The number of methoxy groups -OCH3 is 2. The van der Waals surface area contributed by atoms with Crippen molar-refractivity contribution in [1.82, 2.24) is 0 Å². The highest BCUT2D eigenvalue weighted by Crippen LogP contribution is 2.51. The van der Waals surface area contributed by atoms with Crippen LogP contribution in [0, 0.1) is 11.3 Å². The Morgan fingerprint density at radius 2 is 1.88 bits per heavy atom. The molecule has 170 valence electrons. The lowest BCUT2D eigenvalue weighted by Gasteiger charge is -2.45. The van der Waals surface area contributed by atoms with Crippen LogP contribution in [0.3, 0.4) is 0 Å². The molecule has 1 atom stereocenters. The standard InChI is InChI=1S/C25H28O7/c1-14(2)22(25(24(27)28)10-5-11-25)32-20-17(8-9-19(29-3)21(20)30-4)15-6-7-18-16(12-15)13-31-23(18)26/h6-9,12,14,22H,5,10-11,13H2,1-4H3,(H,27,28)/i3D3,4D3. The first-order chi connectivity index (χ1) is 17.6. The number of fused-ring (bicyclic) bond motifs is 1. The highest BCUT2D eigenvalue weighted by Gasteiger charge is 2.53. The molecule has 1 heterocycles. The van der Waals surface area contributed by atoms with Crippen molar-refractivity contribution in [2.24, 2.45) is 11.3 Å². The smallest absolute Gasteiger partial charge is 0.338 e. The van der Waals surface area contributed by atoms with Crippen LogP contribution in [0.2, 0.25) is 0 Å². The molecule has 1 N–H and O–H groups in total. The van der Waals surface area contributed by atoms with Gasteiger partial charge < -0.3 is 24.1 Å². The summed E-state index contributed by atoms with van der Waals surface area (Å²) in [4.78, 5) is 24.3. The molecule has 7 nitrogen and oxygen atoms in total. The van der Waals surface area contributed by atoms with Crippen LogP contribution < -0.4 is 14.2 Å². The molecule has 1 fully saturated rings. The van der Waals surface area contributed by atoms with Gasteiger partial charge in [0.15, 0.2) is 11.5 Å². The van der Waals surface area contributed by atoms with Crippen molar-refractivity contribution < 1.29 is 41.9 Å². The van der Waals surface area contributed by atoms with Gasteiger partial charge in [0.1, 0.15) is 18.1 Å². The lowest BCUT2D eigenvalue weighted by molar-refractivity contribution is -0.166. The van der Waals surface area contributed by atoms with Crippen molar-refractivity contribution in [3.05, 3.63) is 41.5 Å². The van der Waals surface area contributed by atoms with Crippen molar-refractivity contribution in [2.45, 2.75) is 45.8 Å². The third kappa shape index (κ3) is 3.45. The Bertz CT molecular complexity index is 1250. The molecule has 0 bridgehead atoms. The quantitative estimate of drug-likeness (QED) is 0.588. The summed E-state index contributed by atoms with van der Waals surface area (Å²) >= 11 is 0. The Labute approximate surface area is 195 Å². The van der Waals surface area contributed by atoms with Gasteiger partial charge in [0, 0.05) is 11.1 Å². The van der Waals surface area contributed by atoms with E-state index in [-0.39, 0.29) is 18.3 Å². The number of ether oxygens (including phenoxy) is 4.